The molecule has 2 aromatic rings. The quantitative estimate of drug-likeness (QED) is 0.923. The minimum absolute atomic E-state index is 0.0239. The molecule has 0 saturated carbocycles. The van der Waals surface area contributed by atoms with Crippen LogP contribution in [0.15, 0.2) is 35.5 Å². The molecule has 0 aromatic carbocycles. The van der Waals surface area contributed by atoms with Gasteiger partial charge in [-0.05, 0) is 57.7 Å². The smallest absolute Gasteiger partial charge is 0.247 e. The normalized spacial score (nSPS) is 17.0. The molecule has 0 atom stereocenters. The highest BCUT2D eigenvalue weighted by atomic mass is 16.1. The minimum atomic E-state index is -0.0239. The zero-order chi connectivity index (χ0) is 16.2. The van der Waals surface area contributed by atoms with E-state index in [9.17, 15) is 4.79 Å². The molecule has 0 aliphatic carbocycles. The van der Waals surface area contributed by atoms with Gasteiger partial charge in [-0.3, -0.25) is 9.69 Å². The first-order valence-electron chi connectivity index (χ1n) is 8.53. The molecule has 1 aliphatic rings. The standard InChI is InChI=1S/C18H26N4O/c1-14(2)22-10-7-19-17(22)13-21-8-5-15(6-9-21)11-16-3-4-18(23)20-12-16/h3-4,7,10,12,14-15H,5-6,8-9,11,13H2,1-2H3,(H,20,23). The molecule has 0 radical (unpaired) electrons. The third-order valence-electron chi connectivity index (χ3n) is 4.75. The van der Waals surface area contributed by atoms with Crippen molar-refractivity contribution in [2.45, 2.75) is 45.7 Å². The first-order chi connectivity index (χ1) is 11.1. The molecule has 0 amide bonds. The predicted octanol–water partition coefficient (Wildman–Crippen LogP) is 2.61. The fourth-order valence-electron chi connectivity index (χ4n) is 3.39. The van der Waals surface area contributed by atoms with Gasteiger partial charge in [0.25, 0.3) is 0 Å². The van der Waals surface area contributed by atoms with Crippen LogP contribution in [-0.4, -0.2) is 32.5 Å². The Kier molecular flexibility index (Phi) is 4.96. The van der Waals surface area contributed by atoms with E-state index >= 15 is 0 Å². The van der Waals surface area contributed by atoms with Crippen LogP contribution in [0.25, 0.3) is 0 Å². The SMILES string of the molecule is CC(C)n1ccnc1CN1CCC(Cc2ccc(=O)[nH]c2)CC1. The van der Waals surface area contributed by atoms with Gasteiger partial charge < -0.3 is 9.55 Å². The van der Waals surface area contributed by atoms with Gasteiger partial charge in [0.2, 0.25) is 5.56 Å². The second-order valence-corrected chi connectivity index (χ2v) is 6.83. The van der Waals surface area contributed by atoms with Gasteiger partial charge in [0, 0.05) is 30.7 Å². The summed E-state index contributed by atoms with van der Waals surface area (Å²) in [5, 5.41) is 0. The summed E-state index contributed by atoms with van der Waals surface area (Å²) in [6, 6.07) is 4.03. The van der Waals surface area contributed by atoms with Crippen molar-refractivity contribution in [2.24, 2.45) is 5.92 Å². The van der Waals surface area contributed by atoms with Crippen LogP contribution in [0.3, 0.4) is 0 Å². The number of imidazole rings is 1. The van der Waals surface area contributed by atoms with Crippen LogP contribution in [0.5, 0.6) is 0 Å². The highest BCUT2D eigenvalue weighted by Gasteiger charge is 2.21. The largest absolute Gasteiger partial charge is 0.331 e. The fraction of sp³-hybridized carbons (Fsp3) is 0.556. The third-order valence-corrected chi connectivity index (χ3v) is 4.75. The molecule has 1 aliphatic heterocycles. The molecule has 5 heteroatoms. The average Bonchev–Trinajstić information content (AvgIpc) is 3.00. The number of nitrogens with zero attached hydrogens (tertiary/aromatic N) is 3. The van der Waals surface area contributed by atoms with Crippen molar-refractivity contribution in [1.82, 2.24) is 19.4 Å². The van der Waals surface area contributed by atoms with Gasteiger partial charge in [-0.25, -0.2) is 4.98 Å². The highest BCUT2D eigenvalue weighted by Crippen LogP contribution is 2.22. The number of aromatic nitrogens is 3. The van der Waals surface area contributed by atoms with Gasteiger partial charge in [-0.1, -0.05) is 6.07 Å². The van der Waals surface area contributed by atoms with Crippen molar-refractivity contribution < 1.29 is 0 Å². The number of aromatic amines is 1. The number of pyridine rings is 1. The van der Waals surface area contributed by atoms with E-state index in [2.05, 4.69) is 39.5 Å². The number of H-pyrrole nitrogens is 1. The van der Waals surface area contributed by atoms with Crippen molar-refractivity contribution in [3.8, 4) is 0 Å². The maximum atomic E-state index is 11.1. The van der Waals surface area contributed by atoms with Crippen LogP contribution in [-0.2, 0) is 13.0 Å². The lowest BCUT2D eigenvalue weighted by atomic mass is 9.91. The Morgan fingerprint density at radius 2 is 2.09 bits per heavy atom. The number of likely N-dealkylation sites (tertiary alicyclic amines) is 1. The number of nitrogens with one attached hydrogen (secondary N) is 1. The van der Waals surface area contributed by atoms with E-state index < -0.39 is 0 Å². The highest BCUT2D eigenvalue weighted by molar-refractivity contribution is 5.09. The third kappa shape index (κ3) is 4.10. The van der Waals surface area contributed by atoms with Crippen molar-refractivity contribution in [2.75, 3.05) is 13.1 Å². The monoisotopic (exact) mass is 314 g/mol. The molecule has 5 nitrogen and oxygen atoms in total. The number of hydrogen-bond acceptors (Lipinski definition) is 3. The Morgan fingerprint density at radius 3 is 2.74 bits per heavy atom. The molecular formula is C18H26N4O. The van der Waals surface area contributed by atoms with E-state index in [1.807, 2.05) is 18.5 Å². The first kappa shape index (κ1) is 16.0. The molecule has 23 heavy (non-hydrogen) atoms. The maximum Gasteiger partial charge on any atom is 0.247 e. The molecule has 1 fully saturated rings. The Hall–Kier alpha value is -1.88. The van der Waals surface area contributed by atoms with Crippen LogP contribution >= 0.6 is 0 Å². The lowest BCUT2D eigenvalue weighted by molar-refractivity contribution is 0.171. The molecule has 2 aromatic heterocycles. The van der Waals surface area contributed by atoms with Gasteiger partial charge in [0.15, 0.2) is 0 Å². The first-order valence-corrected chi connectivity index (χ1v) is 8.53. The van der Waals surface area contributed by atoms with E-state index in [-0.39, 0.29) is 5.56 Å². The van der Waals surface area contributed by atoms with Crippen LogP contribution in [0.1, 0.15) is 44.1 Å². The minimum Gasteiger partial charge on any atom is -0.331 e. The van der Waals surface area contributed by atoms with Crippen molar-refractivity contribution in [3.63, 3.8) is 0 Å². The second kappa shape index (κ2) is 7.13. The molecule has 1 N–H and O–H groups in total. The molecule has 124 valence electrons. The Balaban J connectivity index is 1.51. The zero-order valence-electron chi connectivity index (χ0n) is 14.0. The number of piperidine rings is 1. The molecule has 0 unspecified atom stereocenters. The molecular weight excluding hydrogens is 288 g/mol. The zero-order valence-corrected chi connectivity index (χ0v) is 14.0. The van der Waals surface area contributed by atoms with Crippen molar-refractivity contribution in [1.29, 1.82) is 0 Å². The summed E-state index contributed by atoms with van der Waals surface area (Å²) in [6.07, 6.45) is 9.31. The topological polar surface area (TPSA) is 53.9 Å². The summed E-state index contributed by atoms with van der Waals surface area (Å²) in [7, 11) is 0. The summed E-state index contributed by atoms with van der Waals surface area (Å²) in [6.45, 7) is 7.58. The van der Waals surface area contributed by atoms with Crippen LogP contribution in [0.4, 0.5) is 0 Å². The van der Waals surface area contributed by atoms with Gasteiger partial charge in [0.1, 0.15) is 5.82 Å². The lowest BCUT2D eigenvalue weighted by Gasteiger charge is -2.32. The number of rotatable bonds is 5. The molecule has 3 rings (SSSR count). The maximum absolute atomic E-state index is 11.1. The Labute approximate surface area is 137 Å². The van der Waals surface area contributed by atoms with E-state index in [4.69, 9.17) is 0 Å². The number of hydrogen-bond donors (Lipinski definition) is 1. The van der Waals surface area contributed by atoms with E-state index in [1.165, 1.54) is 24.2 Å². The van der Waals surface area contributed by atoms with E-state index in [0.29, 0.717) is 12.0 Å². The molecule has 0 spiro atoms. The summed E-state index contributed by atoms with van der Waals surface area (Å²) in [5.74, 6) is 1.88. The van der Waals surface area contributed by atoms with Gasteiger partial charge >= 0.3 is 0 Å². The Bertz CT molecular complexity index is 660. The lowest BCUT2D eigenvalue weighted by Crippen LogP contribution is -2.34. The average molecular weight is 314 g/mol. The van der Waals surface area contributed by atoms with Gasteiger partial charge in [-0.15, -0.1) is 0 Å². The second-order valence-electron chi connectivity index (χ2n) is 6.83. The van der Waals surface area contributed by atoms with Gasteiger partial charge in [-0.2, -0.15) is 0 Å². The summed E-state index contributed by atoms with van der Waals surface area (Å²) >= 11 is 0. The van der Waals surface area contributed by atoms with E-state index in [0.717, 1.165) is 26.1 Å². The molecule has 1 saturated heterocycles. The van der Waals surface area contributed by atoms with Crippen LogP contribution in [0.2, 0.25) is 0 Å². The molecule has 3 heterocycles. The Morgan fingerprint density at radius 1 is 1.30 bits per heavy atom. The fourth-order valence-corrected chi connectivity index (χ4v) is 3.39. The molecule has 0 bridgehead atoms. The summed E-state index contributed by atoms with van der Waals surface area (Å²) in [4.78, 5) is 20.9. The predicted molar refractivity (Wildman–Crippen MR) is 91.4 cm³/mol. The van der Waals surface area contributed by atoms with Gasteiger partial charge in [0.05, 0.1) is 6.54 Å². The van der Waals surface area contributed by atoms with Crippen molar-refractivity contribution >= 4 is 0 Å². The van der Waals surface area contributed by atoms with Crippen LogP contribution < -0.4 is 5.56 Å². The summed E-state index contributed by atoms with van der Waals surface area (Å²) < 4.78 is 2.26. The summed E-state index contributed by atoms with van der Waals surface area (Å²) in [5.41, 5.74) is 1.21. The van der Waals surface area contributed by atoms with Crippen LogP contribution in [0, 0.1) is 5.92 Å². The van der Waals surface area contributed by atoms with Crippen molar-refractivity contribution in [3.05, 3.63) is 52.5 Å². The van der Waals surface area contributed by atoms with E-state index in [1.54, 1.807) is 6.07 Å².